The van der Waals surface area contributed by atoms with Crippen molar-refractivity contribution in [3.8, 4) is 5.75 Å². The number of phenols is 1. The van der Waals surface area contributed by atoms with Crippen molar-refractivity contribution >= 4 is 33.4 Å². The van der Waals surface area contributed by atoms with Crippen LogP contribution in [0.5, 0.6) is 5.75 Å². The van der Waals surface area contributed by atoms with Crippen LogP contribution in [0.25, 0.3) is 0 Å². The molecule has 0 aromatic heterocycles. The van der Waals surface area contributed by atoms with Crippen molar-refractivity contribution in [1.82, 2.24) is 5.32 Å². The molecule has 1 unspecified atom stereocenters. The number of nitrogens with one attached hydrogen (secondary N) is 1. The van der Waals surface area contributed by atoms with Crippen molar-refractivity contribution in [3.63, 3.8) is 0 Å². The summed E-state index contributed by atoms with van der Waals surface area (Å²) in [5, 5.41) is 12.1. The molecule has 1 atom stereocenters. The Balaban J connectivity index is 2.61. The number of benzene rings is 1. The molecule has 1 amide bonds. The summed E-state index contributed by atoms with van der Waals surface area (Å²) in [6.07, 6.45) is 0. The topological polar surface area (TPSA) is 49.3 Å². The Kier molecular flexibility index (Phi) is 5.28. The van der Waals surface area contributed by atoms with E-state index in [9.17, 15) is 9.90 Å². The first kappa shape index (κ1) is 14.3. The third-order valence-electron chi connectivity index (χ3n) is 2.39. The first-order valence-electron chi connectivity index (χ1n) is 5.32. The van der Waals surface area contributed by atoms with Crippen molar-refractivity contribution in [1.29, 1.82) is 0 Å². The standard InChI is InChI=1S/C12H15BrClNO2/c1-7(2)10(14)6-15-12(17)8-3-4-9(13)11(16)5-8/h3-5,7,10,16H,6H2,1-2H3,(H,15,17). The van der Waals surface area contributed by atoms with Gasteiger partial charge >= 0.3 is 0 Å². The minimum absolute atomic E-state index is 0.0453. The van der Waals surface area contributed by atoms with Gasteiger partial charge in [-0.1, -0.05) is 13.8 Å². The molecule has 0 radical (unpaired) electrons. The number of halogens is 2. The molecule has 1 aromatic carbocycles. The lowest BCUT2D eigenvalue weighted by molar-refractivity contribution is 0.0952. The van der Waals surface area contributed by atoms with Crippen molar-refractivity contribution in [2.75, 3.05) is 6.54 Å². The Bertz CT molecular complexity index is 409. The monoisotopic (exact) mass is 319 g/mol. The second-order valence-corrected chi connectivity index (χ2v) is 5.55. The summed E-state index contributed by atoms with van der Waals surface area (Å²) in [5.41, 5.74) is 0.415. The average Bonchev–Trinajstić information content (AvgIpc) is 2.28. The van der Waals surface area contributed by atoms with Gasteiger partial charge in [0.15, 0.2) is 0 Å². The molecule has 17 heavy (non-hydrogen) atoms. The highest BCUT2D eigenvalue weighted by molar-refractivity contribution is 9.10. The number of aromatic hydroxyl groups is 1. The van der Waals surface area contributed by atoms with Crippen LogP contribution in [0.2, 0.25) is 0 Å². The van der Waals surface area contributed by atoms with Gasteiger partial charge in [0.25, 0.3) is 5.91 Å². The fraction of sp³-hybridized carbons (Fsp3) is 0.417. The maximum atomic E-state index is 11.7. The molecule has 1 rings (SSSR count). The molecule has 0 heterocycles. The summed E-state index contributed by atoms with van der Waals surface area (Å²) in [7, 11) is 0. The van der Waals surface area contributed by atoms with Gasteiger partial charge in [-0.2, -0.15) is 0 Å². The lowest BCUT2D eigenvalue weighted by atomic mass is 10.1. The molecular weight excluding hydrogens is 305 g/mol. The normalized spacial score (nSPS) is 12.5. The van der Waals surface area contributed by atoms with Crippen molar-refractivity contribution in [2.45, 2.75) is 19.2 Å². The van der Waals surface area contributed by atoms with Crippen LogP contribution in [0.1, 0.15) is 24.2 Å². The Labute approximate surface area is 114 Å². The molecule has 5 heteroatoms. The maximum absolute atomic E-state index is 11.7. The molecular formula is C12H15BrClNO2. The highest BCUT2D eigenvalue weighted by atomic mass is 79.9. The number of alkyl halides is 1. The lowest BCUT2D eigenvalue weighted by Crippen LogP contribution is -2.31. The summed E-state index contributed by atoms with van der Waals surface area (Å²) in [6, 6.07) is 4.68. The number of rotatable bonds is 4. The molecule has 1 aromatic rings. The van der Waals surface area contributed by atoms with Gasteiger partial charge in [0.2, 0.25) is 0 Å². The van der Waals surface area contributed by atoms with E-state index in [4.69, 9.17) is 11.6 Å². The molecule has 94 valence electrons. The van der Waals surface area contributed by atoms with Crippen LogP contribution in [0.4, 0.5) is 0 Å². The number of hydrogen-bond acceptors (Lipinski definition) is 2. The highest BCUT2D eigenvalue weighted by Crippen LogP contribution is 2.24. The molecule has 0 fully saturated rings. The van der Waals surface area contributed by atoms with Crippen LogP contribution in [0.15, 0.2) is 22.7 Å². The minimum atomic E-state index is -0.237. The summed E-state index contributed by atoms with van der Waals surface area (Å²) >= 11 is 9.19. The van der Waals surface area contributed by atoms with Crippen molar-refractivity contribution in [2.24, 2.45) is 5.92 Å². The zero-order valence-corrected chi connectivity index (χ0v) is 12.0. The zero-order valence-electron chi connectivity index (χ0n) is 9.71. The molecule has 0 bridgehead atoms. The SMILES string of the molecule is CC(C)C(Cl)CNC(=O)c1ccc(Br)c(O)c1. The van der Waals surface area contributed by atoms with Gasteiger partial charge in [0, 0.05) is 12.1 Å². The summed E-state index contributed by atoms with van der Waals surface area (Å²) in [5.74, 6) is 0.110. The highest BCUT2D eigenvalue weighted by Gasteiger charge is 2.13. The minimum Gasteiger partial charge on any atom is -0.507 e. The van der Waals surface area contributed by atoms with Crippen LogP contribution >= 0.6 is 27.5 Å². The second kappa shape index (κ2) is 6.26. The van der Waals surface area contributed by atoms with Crippen LogP contribution in [-0.2, 0) is 0 Å². The average molecular weight is 321 g/mol. The maximum Gasteiger partial charge on any atom is 0.251 e. The molecule has 3 nitrogen and oxygen atoms in total. The van der Waals surface area contributed by atoms with Gasteiger partial charge in [-0.25, -0.2) is 0 Å². The predicted molar refractivity (Wildman–Crippen MR) is 72.6 cm³/mol. The summed E-state index contributed by atoms with van der Waals surface area (Å²) in [6.45, 7) is 4.40. The molecule has 0 aliphatic carbocycles. The predicted octanol–water partition coefficient (Wildman–Crippen LogP) is 3.15. The Hall–Kier alpha value is -0.740. The Morgan fingerprint density at radius 1 is 1.53 bits per heavy atom. The third kappa shape index (κ3) is 4.21. The molecule has 0 spiro atoms. The summed E-state index contributed by atoms with van der Waals surface area (Å²) < 4.78 is 0.562. The van der Waals surface area contributed by atoms with Crippen molar-refractivity contribution in [3.05, 3.63) is 28.2 Å². The van der Waals surface area contributed by atoms with E-state index < -0.39 is 0 Å². The molecule has 0 aliphatic heterocycles. The number of carbonyl (C=O) groups excluding carboxylic acids is 1. The zero-order chi connectivity index (χ0) is 13.0. The number of amides is 1. The van der Waals surface area contributed by atoms with Crippen LogP contribution in [0.3, 0.4) is 0 Å². The quantitative estimate of drug-likeness (QED) is 0.837. The molecule has 2 N–H and O–H groups in total. The van der Waals surface area contributed by atoms with Gasteiger partial charge in [-0.15, -0.1) is 11.6 Å². The molecule has 0 aliphatic rings. The van der Waals surface area contributed by atoms with E-state index in [1.54, 1.807) is 12.1 Å². The number of phenolic OH excluding ortho intramolecular Hbond substituents is 1. The van der Waals surface area contributed by atoms with Gasteiger partial charge in [-0.3, -0.25) is 4.79 Å². The fourth-order valence-corrected chi connectivity index (χ4v) is 1.51. The first-order chi connectivity index (χ1) is 7.91. The second-order valence-electron chi connectivity index (χ2n) is 4.14. The molecule has 0 saturated heterocycles. The lowest BCUT2D eigenvalue weighted by Gasteiger charge is -2.14. The van der Waals surface area contributed by atoms with E-state index in [1.807, 2.05) is 13.8 Å². The largest absolute Gasteiger partial charge is 0.507 e. The van der Waals surface area contributed by atoms with Crippen LogP contribution < -0.4 is 5.32 Å². The van der Waals surface area contributed by atoms with Gasteiger partial charge in [0.05, 0.1) is 9.85 Å². The van der Waals surface area contributed by atoms with E-state index in [0.717, 1.165) is 0 Å². The van der Waals surface area contributed by atoms with Gasteiger partial charge < -0.3 is 10.4 Å². The van der Waals surface area contributed by atoms with E-state index in [2.05, 4.69) is 21.2 Å². The van der Waals surface area contributed by atoms with E-state index in [1.165, 1.54) is 6.07 Å². The fourth-order valence-electron chi connectivity index (χ4n) is 1.18. The number of carbonyl (C=O) groups is 1. The van der Waals surface area contributed by atoms with E-state index >= 15 is 0 Å². The first-order valence-corrected chi connectivity index (χ1v) is 6.55. The van der Waals surface area contributed by atoms with E-state index in [-0.39, 0.29) is 17.0 Å². The van der Waals surface area contributed by atoms with Gasteiger partial charge in [0.1, 0.15) is 5.75 Å². The molecule has 0 saturated carbocycles. The smallest absolute Gasteiger partial charge is 0.251 e. The summed E-state index contributed by atoms with van der Waals surface area (Å²) in [4.78, 5) is 11.7. The van der Waals surface area contributed by atoms with Crippen LogP contribution in [-0.4, -0.2) is 22.9 Å². The van der Waals surface area contributed by atoms with Crippen molar-refractivity contribution < 1.29 is 9.90 Å². The number of hydrogen-bond donors (Lipinski definition) is 2. The van der Waals surface area contributed by atoms with Crippen LogP contribution in [0, 0.1) is 5.92 Å². The van der Waals surface area contributed by atoms with Gasteiger partial charge in [-0.05, 0) is 40.0 Å². The Morgan fingerprint density at radius 3 is 2.71 bits per heavy atom. The van der Waals surface area contributed by atoms with E-state index in [0.29, 0.717) is 22.5 Å². The Morgan fingerprint density at radius 2 is 2.18 bits per heavy atom. The third-order valence-corrected chi connectivity index (χ3v) is 3.72.